The SMILES string of the molecule is COc1ccc(-n2ncc(OC(=O)Nc3cccc4cccnc34)c2C)cc1. The molecule has 0 fully saturated rings. The van der Waals surface area contributed by atoms with Gasteiger partial charge in [-0.25, -0.2) is 9.48 Å². The van der Waals surface area contributed by atoms with Crippen molar-refractivity contribution in [3.63, 3.8) is 0 Å². The number of rotatable bonds is 4. The number of hydrogen-bond donors (Lipinski definition) is 1. The van der Waals surface area contributed by atoms with Crippen molar-refractivity contribution in [2.45, 2.75) is 6.92 Å². The molecule has 7 nitrogen and oxygen atoms in total. The number of nitrogens with one attached hydrogen (secondary N) is 1. The van der Waals surface area contributed by atoms with Crippen LogP contribution < -0.4 is 14.8 Å². The summed E-state index contributed by atoms with van der Waals surface area (Å²) in [6.07, 6.45) is 2.60. The van der Waals surface area contributed by atoms with Crippen LogP contribution in [-0.2, 0) is 0 Å². The summed E-state index contributed by atoms with van der Waals surface area (Å²) >= 11 is 0. The molecule has 1 amide bonds. The molecule has 0 radical (unpaired) electrons. The van der Waals surface area contributed by atoms with E-state index in [1.165, 1.54) is 6.20 Å². The van der Waals surface area contributed by atoms with Crippen LogP contribution in [0.1, 0.15) is 5.69 Å². The van der Waals surface area contributed by atoms with Gasteiger partial charge in [0.2, 0.25) is 0 Å². The number of carbonyl (C=O) groups excluding carboxylic acids is 1. The summed E-state index contributed by atoms with van der Waals surface area (Å²) in [6, 6.07) is 16.8. The van der Waals surface area contributed by atoms with Crippen molar-refractivity contribution in [1.82, 2.24) is 14.8 Å². The third-order valence-electron chi connectivity index (χ3n) is 4.35. The zero-order valence-electron chi connectivity index (χ0n) is 15.4. The lowest BCUT2D eigenvalue weighted by molar-refractivity contribution is 0.215. The predicted octanol–water partition coefficient (Wildman–Crippen LogP) is 4.35. The Hall–Kier alpha value is -3.87. The normalized spacial score (nSPS) is 10.6. The van der Waals surface area contributed by atoms with E-state index in [9.17, 15) is 4.79 Å². The van der Waals surface area contributed by atoms with Crippen LogP contribution in [0.25, 0.3) is 16.6 Å². The Bertz CT molecular complexity index is 1130. The van der Waals surface area contributed by atoms with Crippen molar-refractivity contribution in [3.05, 3.63) is 72.7 Å². The molecule has 140 valence electrons. The average molecular weight is 374 g/mol. The number of carbonyl (C=O) groups is 1. The van der Waals surface area contributed by atoms with E-state index in [4.69, 9.17) is 9.47 Å². The van der Waals surface area contributed by atoms with Gasteiger partial charge in [0.25, 0.3) is 0 Å². The molecular weight excluding hydrogens is 356 g/mol. The monoisotopic (exact) mass is 374 g/mol. The maximum Gasteiger partial charge on any atom is 0.417 e. The van der Waals surface area contributed by atoms with Gasteiger partial charge in [-0.2, -0.15) is 5.10 Å². The summed E-state index contributed by atoms with van der Waals surface area (Å²) in [5.41, 5.74) is 2.83. The number of ether oxygens (including phenoxy) is 2. The lowest BCUT2D eigenvalue weighted by atomic mass is 10.2. The number of methoxy groups -OCH3 is 1. The molecule has 0 saturated heterocycles. The summed E-state index contributed by atoms with van der Waals surface area (Å²) in [5, 5.41) is 7.99. The number of benzene rings is 2. The number of pyridine rings is 1. The van der Waals surface area contributed by atoms with E-state index in [1.54, 1.807) is 24.1 Å². The molecule has 7 heteroatoms. The number of aromatic nitrogens is 3. The highest BCUT2D eigenvalue weighted by molar-refractivity contribution is 5.98. The van der Waals surface area contributed by atoms with Gasteiger partial charge in [0.1, 0.15) is 5.75 Å². The summed E-state index contributed by atoms with van der Waals surface area (Å²) in [4.78, 5) is 16.7. The second-order valence-corrected chi connectivity index (χ2v) is 6.10. The molecule has 28 heavy (non-hydrogen) atoms. The number of nitrogens with zero attached hydrogens (tertiary/aromatic N) is 3. The van der Waals surface area contributed by atoms with Crippen LogP contribution in [0.15, 0.2) is 67.0 Å². The van der Waals surface area contributed by atoms with Gasteiger partial charge in [0, 0.05) is 11.6 Å². The quantitative estimate of drug-likeness (QED) is 0.575. The first kappa shape index (κ1) is 17.5. The van der Waals surface area contributed by atoms with E-state index >= 15 is 0 Å². The van der Waals surface area contributed by atoms with Gasteiger partial charge in [-0.15, -0.1) is 0 Å². The number of hydrogen-bond acceptors (Lipinski definition) is 5. The van der Waals surface area contributed by atoms with Crippen molar-refractivity contribution in [2.75, 3.05) is 12.4 Å². The molecular formula is C21H18N4O3. The van der Waals surface area contributed by atoms with Crippen molar-refractivity contribution < 1.29 is 14.3 Å². The van der Waals surface area contributed by atoms with Gasteiger partial charge in [-0.1, -0.05) is 18.2 Å². The van der Waals surface area contributed by atoms with Gasteiger partial charge >= 0.3 is 6.09 Å². The van der Waals surface area contributed by atoms with Crippen LogP contribution >= 0.6 is 0 Å². The van der Waals surface area contributed by atoms with E-state index in [-0.39, 0.29) is 0 Å². The highest BCUT2D eigenvalue weighted by Gasteiger charge is 2.14. The molecule has 2 aromatic carbocycles. The van der Waals surface area contributed by atoms with Crippen molar-refractivity contribution >= 4 is 22.7 Å². The fraction of sp³-hybridized carbons (Fsp3) is 0.0952. The maximum atomic E-state index is 12.4. The second-order valence-electron chi connectivity index (χ2n) is 6.10. The minimum absolute atomic E-state index is 0.376. The third kappa shape index (κ3) is 3.37. The van der Waals surface area contributed by atoms with E-state index in [2.05, 4.69) is 15.4 Å². The van der Waals surface area contributed by atoms with Gasteiger partial charge in [0.15, 0.2) is 5.75 Å². The molecule has 0 atom stereocenters. The number of anilines is 1. The summed E-state index contributed by atoms with van der Waals surface area (Å²) in [6.45, 7) is 1.83. The van der Waals surface area contributed by atoms with Gasteiger partial charge in [-0.3, -0.25) is 10.3 Å². The topological polar surface area (TPSA) is 78.3 Å². The third-order valence-corrected chi connectivity index (χ3v) is 4.35. The van der Waals surface area contributed by atoms with Crippen molar-refractivity contribution in [2.24, 2.45) is 0 Å². The van der Waals surface area contributed by atoms with Gasteiger partial charge in [-0.05, 0) is 43.3 Å². The molecule has 2 heterocycles. The standard InChI is InChI=1S/C21H18N4O3/c1-14-19(13-23-25(14)16-8-10-17(27-2)11-9-16)28-21(26)24-18-7-3-5-15-6-4-12-22-20(15)18/h3-13H,1-2H3,(H,24,26). The molecule has 0 aliphatic rings. The zero-order chi connectivity index (χ0) is 19.5. The first-order chi connectivity index (χ1) is 13.7. The van der Waals surface area contributed by atoms with Crippen molar-refractivity contribution in [3.8, 4) is 17.2 Å². The fourth-order valence-electron chi connectivity index (χ4n) is 2.92. The second kappa shape index (κ2) is 7.40. The number of amides is 1. The maximum absolute atomic E-state index is 12.4. The number of para-hydroxylation sites is 1. The molecule has 4 rings (SSSR count). The Kier molecular flexibility index (Phi) is 4.63. The fourth-order valence-corrected chi connectivity index (χ4v) is 2.92. The molecule has 0 unspecified atom stereocenters. The highest BCUT2D eigenvalue weighted by atomic mass is 16.6. The highest BCUT2D eigenvalue weighted by Crippen LogP contribution is 2.24. The Morgan fingerprint density at radius 3 is 2.64 bits per heavy atom. The molecule has 4 aromatic rings. The van der Waals surface area contributed by atoms with Crippen molar-refractivity contribution in [1.29, 1.82) is 0 Å². The van der Waals surface area contributed by atoms with Crippen LogP contribution in [0.3, 0.4) is 0 Å². The molecule has 0 spiro atoms. The van der Waals surface area contributed by atoms with E-state index < -0.39 is 6.09 Å². The summed E-state index contributed by atoms with van der Waals surface area (Å²) in [7, 11) is 1.62. The van der Waals surface area contributed by atoms with E-state index in [0.717, 1.165) is 16.8 Å². The zero-order valence-corrected chi connectivity index (χ0v) is 15.4. The molecule has 2 aromatic heterocycles. The van der Waals surface area contributed by atoms with Crippen LogP contribution in [0.2, 0.25) is 0 Å². The van der Waals surface area contributed by atoms with Crippen LogP contribution in [0.5, 0.6) is 11.5 Å². The molecule has 0 bridgehead atoms. The molecule has 0 aliphatic heterocycles. The van der Waals surface area contributed by atoms with E-state index in [1.807, 2.05) is 55.5 Å². The largest absolute Gasteiger partial charge is 0.497 e. The van der Waals surface area contributed by atoms with Gasteiger partial charge in [0.05, 0.1) is 35.9 Å². The lowest BCUT2D eigenvalue weighted by Crippen LogP contribution is -2.17. The predicted molar refractivity (Wildman–Crippen MR) is 106 cm³/mol. The Morgan fingerprint density at radius 1 is 1.07 bits per heavy atom. The average Bonchev–Trinajstić information content (AvgIpc) is 3.08. The molecule has 0 aliphatic carbocycles. The minimum atomic E-state index is -0.601. The van der Waals surface area contributed by atoms with Crippen LogP contribution in [0, 0.1) is 6.92 Å². The first-order valence-electron chi connectivity index (χ1n) is 8.67. The Morgan fingerprint density at radius 2 is 1.86 bits per heavy atom. The molecule has 1 N–H and O–H groups in total. The lowest BCUT2D eigenvalue weighted by Gasteiger charge is -2.09. The smallest absolute Gasteiger partial charge is 0.417 e. The Balaban J connectivity index is 1.52. The van der Waals surface area contributed by atoms with Gasteiger partial charge < -0.3 is 9.47 Å². The Labute approximate surface area is 161 Å². The van der Waals surface area contributed by atoms with Crippen LogP contribution in [-0.4, -0.2) is 28.0 Å². The minimum Gasteiger partial charge on any atom is -0.497 e. The van der Waals surface area contributed by atoms with Crippen LogP contribution in [0.4, 0.5) is 10.5 Å². The number of fused-ring (bicyclic) bond motifs is 1. The molecule has 0 saturated carbocycles. The van der Waals surface area contributed by atoms with E-state index in [0.29, 0.717) is 22.6 Å². The summed E-state index contributed by atoms with van der Waals surface area (Å²) < 4.78 is 12.3. The first-order valence-corrected chi connectivity index (χ1v) is 8.67. The summed E-state index contributed by atoms with van der Waals surface area (Å²) in [5.74, 6) is 1.13.